The molecule has 1 atom stereocenters. The zero-order valence-electron chi connectivity index (χ0n) is 16.1. The Morgan fingerprint density at radius 2 is 2.14 bits per heavy atom. The van der Waals surface area contributed by atoms with Crippen LogP contribution in [0, 0.1) is 6.92 Å². The number of halogens is 4. The second kappa shape index (κ2) is 9.82. The minimum Gasteiger partial charge on any atom is -0.361 e. The van der Waals surface area contributed by atoms with Gasteiger partial charge in [0.1, 0.15) is 0 Å². The third kappa shape index (κ3) is 6.00. The van der Waals surface area contributed by atoms with Crippen molar-refractivity contribution in [3.63, 3.8) is 0 Å². The lowest BCUT2D eigenvalue weighted by Gasteiger charge is -2.19. The molecule has 0 aliphatic carbocycles. The van der Waals surface area contributed by atoms with Crippen molar-refractivity contribution in [2.24, 2.45) is 4.99 Å². The topological polar surface area (TPSA) is 55.5 Å². The molecule has 0 spiro atoms. The Bertz CT molecular complexity index is 802. The van der Waals surface area contributed by atoms with Crippen molar-refractivity contribution in [2.45, 2.75) is 32.0 Å². The third-order valence-corrected chi connectivity index (χ3v) is 4.92. The summed E-state index contributed by atoms with van der Waals surface area (Å²) in [6.07, 6.45) is -0.608. The molecule has 1 fully saturated rings. The minimum atomic E-state index is -4.15. The average Bonchev–Trinajstić information content (AvgIpc) is 3.20. The molecular formula is C19H27F3IN5. The molecule has 0 bridgehead atoms. The number of nitrogens with one attached hydrogen (secondary N) is 3. The quantitative estimate of drug-likeness (QED) is 0.329. The average molecular weight is 509 g/mol. The Morgan fingerprint density at radius 1 is 1.36 bits per heavy atom. The summed E-state index contributed by atoms with van der Waals surface area (Å²) < 4.78 is 37.5. The van der Waals surface area contributed by atoms with E-state index >= 15 is 0 Å². The minimum absolute atomic E-state index is 0. The molecule has 1 saturated heterocycles. The van der Waals surface area contributed by atoms with E-state index in [1.165, 1.54) is 21.4 Å². The summed E-state index contributed by atoms with van der Waals surface area (Å²) in [6, 6.07) is 6.17. The van der Waals surface area contributed by atoms with Crippen LogP contribution in [0.15, 0.2) is 29.4 Å². The van der Waals surface area contributed by atoms with Crippen LogP contribution in [0.3, 0.4) is 0 Å². The number of aliphatic imine (C=N–C) groups is 1. The van der Waals surface area contributed by atoms with E-state index in [1.807, 2.05) is 12.3 Å². The first-order valence-corrected chi connectivity index (χ1v) is 9.17. The number of aromatic nitrogens is 1. The van der Waals surface area contributed by atoms with Gasteiger partial charge < -0.3 is 15.6 Å². The molecular weight excluding hydrogens is 482 g/mol. The van der Waals surface area contributed by atoms with Gasteiger partial charge in [-0.1, -0.05) is 12.1 Å². The Kier molecular flexibility index (Phi) is 7.99. The van der Waals surface area contributed by atoms with Gasteiger partial charge in [-0.05, 0) is 37.0 Å². The Morgan fingerprint density at radius 3 is 2.86 bits per heavy atom. The van der Waals surface area contributed by atoms with Gasteiger partial charge in [0.25, 0.3) is 0 Å². The zero-order valence-corrected chi connectivity index (χ0v) is 18.4. The number of benzene rings is 1. The van der Waals surface area contributed by atoms with Crippen molar-refractivity contribution in [1.29, 1.82) is 0 Å². The van der Waals surface area contributed by atoms with Gasteiger partial charge in [-0.2, -0.15) is 13.2 Å². The van der Waals surface area contributed by atoms with Gasteiger partial charge in [0.15, 0.2) is 5.96 Å². The van der Waals surface area contributed by atoms with Crippen LogP contribution in [0.4, 0.5) is 13.2 Å². The number of alkyl halides is 3. The first-order chi connectivity index (χ1) is 12.9. The summed E-state index contributed by atoms with van der Waals surface area (Å²) in [5.41, 5.74) is 3.61. The van der Waals surface area contributed by atoms with Gasteiger partial charge >= 0.3 is 6.18 Å². The number of rotatable bonds is 5. The Hall–Kier alpha value is -1.49. The number of likely N-dealkylation sites (tertiary alicyclic amines) is 1. The predicted octanol–water partition coefficient (Wildman–Crippen LogP) is 3.44. The fourth-order valence-electron chi connectivity index (χ4n) is 3.70. The van der Waals surface area contributed by atoms with Crippen LogP contribution in [-0.4, -0.2) is 61.3 Å². The highest BCUT2D eigenvalue weighted by atomic mass is 127. The van der Waals surface area contributed by atoms with Crippen LogP contribution in [-0.2, 0) is 6.42 Å². The van der Waals surface area contributed by atoms with Crippen molar-refractivity contribution in [3.05, 3.63) is 35.5 Å². The number of H-pyrrole nitrogens is 1. The molecule has 2 aromatic rings. The first kappa shape index (κ1) is 22.8. The molecule has 0 saturated carbocycles. The third-order valence-electron chi connectivity index (χ3n) is 4.92. The molecule has 28 heavy (non-hydrogen) atoms. The molecule has 0 amide bonds. The van der Waals surface area contributed by atoms with Gasteiger partial charge in [0, 0.05) is 49.8 Å². The van der Waals surface area contributed by atoms with E-state index in [-0.39, 0.29) is 30.0 Å². The molecule has 1 aromatic carbocycles. The summed E-state index contributed by atoms with van der Waals surface area (Å²) in [5.74, 6) is 0.630. The highest BCUT2D eigenvalue weighted by molar-refractivity contribution is 14.0. The lowest BCUT2D eigenvalue weighted by molar-refractivity contribution is -0.143. The SMILES string of the molecule is CN=C(NCCc1c[nH]c2cccc(C)c12)NC1CCN(CC(F)(F)F)C1.I. The lowest BCUT2D eigenvalue weighted by atomic mass is 10.1. The first-order valence-electron chi connectivity index (χ1n) is 9.17. The number of nitrogens with zero attached hydrogens (tertiary/aromatic N) is 2. The summed E-state index contributed by atoms with van der Waals surface area (Å²) in [5, 5.41) is 7.75. The monoisotopic (exact) mass is 509 g/mol. The maximum atomic E-state index is 12.5. The molecule has 1 unspecified atom stereocenters. The molecule has 0 radical (unpaired) electrons. The lowest BCUT2D eigenvalue weighted by Crippen LogP contribution is -2.45. The maximum absolute atomic E-state index is 12.5. The second-order valence-electron chi connectivity index (χ2n) is 7.04. The number of aromatic amines is 1. The molecule has 2 heterocycles. The normalized spacial score (nSPS) is 18.3. The van der Waals surface area contributed by atoms with E-state index in [9.17, 15) is 13.2 Å². The van der Waals surface area contributed by atoms with Gasteiger partial charge in [-0.15, -0.1) is 24.0 Å². The van der Waals surface area contributed by atoms with Crippen molar-refractivity contribution >= 4 is 40.8 Å². The van der Waals surface area contributed by atoms with Crippen molar-refractivity contribution < 1.29 is 13.2 Å². The van der Waals surface area contributed by atoms with Crippen LogP contribution >= 0.6 is 24.0 Å². The summed E-state index contributed by atoms with van der Waals surface area (Å²) >= 11 is 0. The summed E-state index contributed by atoms with van der Waals surface area (Å²) in [6.45, 7) is 2.77. The van der Waals surface area contributed by atoms with Gasteiger partial charge in [-0.25, -0.2) is 0 Å². The number of aryl methyl sites for hydroxylation is 1. The smallest absolute Gasteiger partial charge is 0.361 e. The fourth-order valence-corrected chi connectivity index (χ4v) is 3.70. The Labute approximate surface area is 180 Å². The van der Waals surface area contributed by atoms with Crippen molar-refractivity contribution in [2.75, 3.05) is 33.2 Å². The van der Waals surface area contributed by atoms with E-state index in [4.69, 9.17) is 0 Å². The largest absolute Gasteiger partial charge is 0.401 e. The molecule has 1 aromatic heterocycles. The second-order valence-corrected chi connectivity index (χ2v) is 7.04. The van der Waals surface area contributed by atoms with Crippen molar-refractivity contribution in [3.8, 4) is 0 Å². The molecule has 5 nitrogen and oxygen atoms in total. The van der Waals surface area contributed by atoms with Crippen LogP contribution < -0.4 is 10.6 Å². The number of hydrogen-bond donors (Lipinski definition) is 3. The molecule has 1 aliphatic rings. The van der Waals surface area contributed by atoms with E-state index in [2.05, 4.69) is 39.7 Å². The molecule has 156 valence electrons. The standard InChI is InChI=1S/C19H26F3N5.HI/c1-13-4-3-5-16-17(13)14(10-25-16)6-8-24-18(23-2)26-15-7-9-27(11-15)12-19(20,21)22;/h3-5,10,15,25H,6-9,11-12H2,1-2H3,(H2,23,24,26);1H. The van der Waals surface area contributed by atoms with Crippen LogP contribution in [0.1, 0.15) is 17.5 Å². The van der Waals surface area contributed by atoms with Gasteiger partial charge in [0.05, 0.1) is 6.54 Å². The molecule has 3 N–H and O–H groups in total. The molecule has 1 aliphatic heterocycles. The van der Waals surface area contributed by atoms with Crippen LogP contribution in [0.2, 0.25) is 0 Å². The highest BCUT2D eigenvalue weighted by Crippen LogP contribution is 2.22. The zero-order chi connectivity index (χ0) is 19.4. The van der Waals surface area contributed by atoms with Gasteiger partial charge in [-0.3, -0.25) is 9.89 Å². The number of guanidine groups is 1. The van der Waals surface area contributed by atoms with Crippen LogP contribution in [0.25, 0.3) is 10.9 Å². The fraction of sp³-hybridized carbons (Fsp3) is 0.526. The molecule has 3 rings (SSSR count). The van der Waals surface area contributed by atoms with E-state index in [0.717, 1.165) is 11.9 Å². The summed E-state index contributed by atoms with van der Waals surface area (Å²) in [7, 11) is 1.67. The number of hydrogen-bond acceptors (Lipinski definition) is 2. The van der Waals surface area contributed by atoms with Gasteiger partial charge in [0.2, 0.25) is 0 Å². The summed E-state index contributed by atoms with van der Waals surface area (Å²) in [4.78, 5) is 8.92. The van der Waals surface area contributed by atoms with E-state index < -0.39 is 12.7 Å². The van der Waals surface area contributed by atoms with Crippen LogP contribution in [0.5, 0.6) is 0 Å². The molecule has 9 heteroatoms. The number of fused-ring (bicyclic) bond motifs is 1. The van der Waals surface area contributed by atoms with Crippen molar-refractivity contribution in [1.82, 2.24) is 20.5 Å². The predicted molar refractivity (Wildman–Crippen MR) is 118 cm³/mol. The van der Waals surface area contributed by atoms with E-state index in [0.29, 0.717) is 32.0 Å². The maximum Gasteiger partial charge on any atom is 0.401 e. The Balaban J connectivity index is 0.00000280. The van der Waals surface area contributed by atoms with E-state index in [1.54, 1.807) is 7.05 Å². The highest BCUT2D eigenvalue weighted by Gasteiger charge is 2.34.